The molecule has 1 atom stereocenters. The lowest BCUT2D eigenvalue weighted by Gasteiger charge is -2.17. The Morgan fingerprint density at radius 3 is 2.52 bits per heavy atom. The van der Waals surface area contributed by atoms with E-state index in [1.807, 2.05) is 0 Å². The zero-order valence-corrected chi connectivity index (χ0v) is 10.8. The van der Waals surface area contributed by atoms with E-state index in [0.717, 1.165) is 12.1 Å². The maximum atomic E-state index is 13.2. The van der Waals surface area contributed by atoms with Gasteiger partial charge in [0.05, 0.1) is 12.6 Å². The average molecular weight is 299 g/mol. The van der Waals surface area contributed by atoms with Gasteiger partial charge in [0.1, 0.15) is 6.54 Å². The van der Waals surface area contributed by atoms with Gasteiger partial charge >= 0.3 is 0 Å². The largest absolute Gasteiger partial charge is 0.394 e. The molecule has 21 heavy (non-hydrogen) atoms. The van der Waals surface area contributed by atoms with Crippen LogP contribution in [-0.2, 0) is 11.3 Å². The summed E-state index contributed by atoms with van der Waals surface area (Å²) in [7, 11) is 0. The lowest BCUT2D eigenvalue weighted by molar-refractivity contribution is -0.122. The molecule has 1 amide bonds. The Morgan fingerprint density at radius 1 is 1.33 bits per heavy atom. The molecule has 8 heteroatoms. The summed E-state index contributed by atoms with van der Waals surface area (Å²) < 4.78 is 40.5. The first-order valence-electron chi connectivity index (χ1n) is 6.03. The summed E-state index contributed by atoms with van der Waals surface area (Å²) in [4.78, 5) is 11.7. The number of halogens is 3. The van der Waals surface area contributed by atoms with E-state index in [1.165, 1.54) is 10.9 Å². The van der Waals surface area contributed by atoms with Crippen molar-refractivity contribution in [3.05, 3.63) is 53.6 Å². The van der Waals surface area contributed by atoms with Crippen LogP contribution in [0.2, 0.25) is 0 Å². The number of nitrogens with zero attached hydrogens (tertiary/aromatic N) is 2. The number of aromatic nitrogens is 2. The average Bonchev–Trinajstić information content (AvgIpc) is 2.94. The fourth-order valence-corrected chi connectivity index (χ4v) is 1.79. The Morgan fingerprint density at radius 2 is 2.00 bits per heavy atom. The molecule has 2 aromatic rings. The minimum absolute atomic E-state index is 0.0669. The van der Waals surface area contributed by atoms with Gasteiger partial charge < -0.3 is 10.4 Å². The fourth-order valence-electron chi connectivity index (χ4n) is 1.79. The lowest BCUT2D eigenvalue weighted by atomic mass is 10.1. The number of rotatable bonds is 5. The summed E-state index contributed by atoms with van der Waals surface area (Å²) in [5.41, 5.74) is -0.0669. The van der Waals surface area contributed by atoms with E-state index in [-0.39, 0.29) is 12.1 Å². The number of hydrogen-bond acceptors (Lipinski definition) is 3. The van der Waals surface area contributed by atoms with Crippen LogP contribution >= 0.6 is 0 Å². The number of aliphatic hydroxyl groups is 1. The number of nitrogens with one attached hydrogen (secondary N) is 1. The first kappa shape index (κ1) is 15.0. The third kappa shape index (κ3) is 3.60. The molecule has 1 aromatic heterocycles. The molecule has 0 spiro atoms. The van der Waals surface area contributed by atoms with Gasteiger partial charge in [-0.1, -0.05) is 0 Å². The number of benzene rings is 1. The van der Waals surface area contributed by atoms with Gasteiger partial charge in [-0.15, -0.1) is 0 Å². The standard InChI is InChI=1S/C13H12F3N3O2/c14-9-4-8(5-10(15)13(9)16)11(7-20)18-12(21)6-19-3-1-2-17-19/h1-5,11,20H,6-7H2,(H,18,21). The molecule has 112 valence electrons. The molecular weight excluding hydrogens is 287 g/mol. The maximum Gasteiger partial charge on any atom is 0.242 e. The van der Waals surface area contributed by atoms with Crippen molar-refractivity contribution in [2.45, 2.75) is 12.6 Å². The Kier molecular flexibility index (Phi) is 4.59. The second-order valence-electron chi connectivity index (χ2n) is 4.30. The van der Waals surface area contributed by atoms with E-state index in [0.29, 0.717) is 0 Å². The molecule has 0 bridgehead atoms. The van der Waals surface area contributed by atoms with E-state index in [1.54, 1.807) is 12.3 Å². The third-order valence-electron chi connectivity index (χ3n) is 2.79. The van der Waals surface area contributed by atoms with Crippen LogP contribution in [0, 0.1) is 17.5 Å². The van der Waals surface area contributed by atoms with Gasteiger partial charge in [0.2, 0.25) is 5.91 Å². The summed E-state index contributed by atoms with van der Waals surface area (Å²) in [5, 5.41) is 15.4. The first-order chi connectivity index (χ1) is 10.0. The van der Waals surface area contributed by atoms with E-state index >= 15 is 0 Å². The van der Waals surface area contributed by atoms with Gasteiger partial charge in [0.25, 0.3) is 0 Å². The first-order valence-corrected chi connectivity index (χ1v) is 6.03. The number of carbonyl (C=O) groups is 1. The zero-order valence-electron chi connectivity index (χ0n) is 10.8. The van der Waals surface area contributed by atoms with Gasteiger partial charge in [-0.3, -0.25) is 9.48 Å². The van der Waals surface area contributed by atoms with Crippen molar-refractivity contribution in [1.82, 2.24) is 15.1 Å². The minimum Gasteiger partial charge on any atom is -0.394 e. The van der Waals surface area contributed by atoms with E-state index in [9.17, 15) is 23.1 Å². The highest BCUT2D eigenvalue weighted by atomic mass is 19.2. The van der Waals surface area contributed by atoms with Gasteiger partial charge in [0.15, 0.2) is 17.5 Å². The van der Waals surface area contributed by atoms with Crippen molar-refractivity contribution in [2.75, 3.05) is 6.61 Å². The quantitative estimate of drug-likeness (QED) is 0.814. The summed E-state index contributed by atoms with van der Waals surface area (Å²) in [6.45, 7) is -0.703. The molecule has 0 aliphatic heterocycles. The highest BCUT2D eigenvalue weighted by Gasteiger charge is 2.18. The number of carbonyl (C=O) groups excluding carboxylic acids is 1. The Labute approximate surface area is 118 Å². The number of hydrogen-bond donors (Lipinski definition) is 2. The van der Waals surface area contributed by atoms with Crippen LogP contribution in [0.5, 0.6) is 0 Å². The normalized spacial score (nSPS) is 12.2. The predicted octanol–water partition coefficient (Wildman–Crippen LogP) is 1.15. The van der Waals surface area contributed by atoms with Crippen LogP contribution < -0.4 is 5.32 Å². The van der Waals surface area contributed by atoms with Crippen LogP contribution in [-0.4, -0.2) is 27.4 Å². The Balaban J connectivity index is 2.11. The summed E-state index contributed by atoms with van der Waals surface area (Å²) in [6.07, 6.45) is 3.05. The molecule has 1 heterocycles. The Hall–Kier alpha value is -2.35. The van der Waals surface area contributed by atoms with Crippen molar-refractivity contribution >= 4 is 5.91 Å². The van der Waals surface area contributed by atoms with Gasteiger partial charge in [-0.25, -0.2) is 13.2 Å². The minimum atomic E-state index is -1.60. The van der Waals surface area contributed by atoms with Gasteiger partial charge in [-0.05, 0) is 23.8 Å². The summed E-state index contributed by atoms with van der Waals surface area (Å²) >= 11 is 0. The van der Waals surface area contributed by atoms with Crippen LogP contribution in [0.15, 0.2) is 30.6 Å². The molecule has 0 radical (unpaired) electrons. The monoisotopic (exact) mass is 299 g/mol. The topological polar surface area (TPSA) is 67.2 Å². The molecule has 2 N–H and O–H groups in total. The van der Waals surface area contributed by atoms with Crippen molar-refractivity contribution in [2.24, 2.45) is 0 Å². The molecule has 0 aliphatic rings. The van der Waals surface area contributed by atoms with E-state index in [4.69, 9.17) is 0 Å². The number of aliphatic hydroxyl groups excluding tert-OH is 1. The molecular formula is C13H12F3N3O2. The molecule has 0 saturated heterocycles. The van der Waals surface area contributed by atoms with Crippen molar-refractivity contribution in [3.8, 4) is 0 Å². The Bertz CT molecular complexity index is 609. The van der Waals surface area contributed by atoms with Crippen molar-refractivity contribution in [3.63, 3.8) is 0 Å². The number of amides is 1. The fraction of sp³-hybridized carbons (Fsp3) is 0.231. The zero-order chi connectivity index (χ0) is 15.4. The molecule has 0 fully saturated rings. The third-order valence-corrected chi connectivity index (χ3v) is 2.79. The highest BCUT2D eigenvalue weighted by Crippen LogP contribution is 2.19. The van der Waals surface area contributed by atoms with Crippen LogP contribution in [0.25, 0.3) is 0 Å². The van der Waals surface area contributed by atoms with Crippen LogP contribution in [0.4, 0.5) is 13.2 Å². The van der Waals surface area contributed by atoms with E-state index in [2.05, 4.69) is 10.4 Å². The highest BCUT2D eigenvalue weighted by molar-refractivity contribution is 5.76. The molecule has 0 saturated carbocycles. The predicted molar refractivity (Wildman–Crippen MR) is 66.5 cm³/mol. The van der Waals surface area contributed by atoms with Gasteiger partial charge in [0, 0.05) is 12.4 Å². The summed E-state index contributed by atoms with van der Waals surface area (Å²) in [6, 6.07) is 2.04. The molecule has 0 aliphatic carbocycles. The lowest BCUT2D eigenvalue weighted by Crippen LogP contribution is -2.33. The second-order valence-corrected chi connectivity index (χ2v) is 4.30. The maximum absolute atomic E-state index is 13.2. The van der Waals surface area contributed by atoms with Crippen LogP contribution in [0.1, 0.15) is 11.6 Å². The van der Waals surface area contributed by atoms with E-state index < -0.39 is 36.0 Å². The smallest absolute Gasteiger partial charge is 0.242 e. The molecule has 1 aromatic carbocycles. The summed E-state index contributed by atoms with van der Waals surface area (Å²) in [5.74, 6) is -4.88. The SMILES string of the molecule is O=C(Cn1cccn1)NC(CO)c1cc(F)c(F)c(F)c1. The van der Waals surface area contributed by atoms with Crippen molar-refractivity contribution < 1.29 is 23.1 Å². The van der Waals surface area contributed by atoms with Crippen molar-refractivity contribution in [1.29, 1.82) is 0 Å². The molecule has 2 rings (SSSR count). The van der Waals surface area contributed by atoms with Gasteiger partial charge in [-0.2, -0.15) is 5.10 Å². The van der Waals surface area contributed by atoms with Crippen LogP contribution in [0.3, 0.4) is 0 Å². The molecule has 5 nitrogen and oxygen atoms in total. The molecule has 1 unspecified atom stereocenters. The second kappa shape index (κ2) is 6.40.